The Labute approximate surface area is 146 Å². The third kappa shape index (κ3) is 2.20. The van der Waals surface area contributed by atoms with Gasteiger partial charge in [-0.05, 0) is 31.8 Å². The SMILES string of the molecule is CC1=C[C@H](O/C=C2/C(=O)O[C@H]3[C@@H]2C=C2CCCC(C)(C)[C@@]23O)OC1=O. The van der Waals surface area contributed by atoms with Gasteiger partial charge in [-0.1, -0.05) is 19.9 Å². The number of esters is 2. The summed E-state index contributed by atoms with van der Waals surface area (Å²) in [6.45, 7) is 5.67. The fraction of sp³-hybridized carbons (Fsp3) is 0.579. The summed E-state index contributed by atoms with van der Waals surface area (Å²) < 4.78 is 16.0. The second-order valence-electron chi connectivity index (χ2n) is 7.88. The van der Waals surface area contributed by atoms with Crippen LogP contribution in [-0.2, 0) is 23.8 Å². The van der Waals surface area contributed by atoms with Crippen molar-refractivity contribution in [2.75, 3.05) is 0 Å². The van der Waals surface area contributed by atoms with Crippen molar-refractivity contribution in [2.24, 2.45) is 11.3 Å². The maximum absolute atomic E-state index is 12.3. The van der Waals surface area contributed by atoms with Crippen LogP contribution in [-0.4, -0.2) is 35.0 Å². The van der Waals surface area contributed by atoms with Crippen LogP contribution >= 0.6 is 0 Å². The van der Waals surface area contributed by atoms with E-state index in [-0.39, 0.29) is 11.3 Å². The number of fused-ring (bicyclic) bond motifs is 3. The topological polar surface area (TPSA) is 82.1 Å². The molecule has 2 aliphatic heterocycles. The Balaban J connectivity index is 1.61. The van der Waals surface area contributed by atoms with Gasteiger partial charge in [0, 0.05) is 17.1 Å². The summed E-state index contributed by atoms with van der Waals surface area (Å²) in [6, 6.07) is 0. The first-order valence-electron chi connectivity index (χ1n) is 8.63. The molecule has 6 nitrogen and oxygen atoms in total. The van der Waals surface area contributed by atoms with Gasteiger partial charge in [0.2, 0.25) is 0 Å². The highest BCUT2D eigenvalue weighted by Gasteiger charge is 2.64. The zero-order valence-electron chi connectivity index (χ0n) is 14.6. The summed E-state index contributed by atoms with van der Waals surface area (Å²) in [4.78, 5) is 23.7. The summed E-state index contributed by atoms with van der Waals surface area (Å²) in [5.41, 5.74) is 0.261. The van der Waals surface area contributed by atoms with Gasteiger partial charge in [-0.15, -0.1) is 0 Å². The molecule has 1 saturated heterocycles. The van der Waals surface area contributed by atoms with E-state index in [0.29, 0.717) is 11.1 Å². The average Bonchev–Trinajstić information content (AvgIpc) is 3.11. The van der Waals surface area contributed by atoms with E-state index < -0.39 is 29.9 Å². The van der Waals surface area contributed by atoms with E-state index in [9.17, 15) is 14.7 Å². The van der Waals surface area contributed by atoms with Gasteiger partial charge in [0.15, 0.2) is 0 Å². The molecule has 0 aromatic rings. The molecule has 0 spiro atoms. The Bertz CT molecular complexity index is 743. The fourth-order valence-corrected chi connectivity index (χ4v) is 4.45. The third-order valence-electron chi connectivity index (χ3n) is 5.98. The molecule has 4 atom stereocenters. The molecule has 1 saturated carbocycles. The van der Waals surface area contributed by atoms with Crippen molar-refractivity contribution in [3.05, 3.63) is 35.1 Å². The van der Waals surface area contributed by atoms with Gasteiger partial charge in [0.25, 0.3) is 6.29 Å². The van der Waals surface area contributed by atoms with Crippen LogP contribution in [0.15, 0.2) is 35.1 Å². The zero-order chi connectivity index (χ0) is 18.0. The van der Waals surface area contributed by atoms with E-state index in [1.165, 1.54) is 6.26 Å². The monoisotopic (exact) mass is 346 g/mol. The van der Waals surface area contributed by atoms with Crippen LogP contribution in [0, 0.1) is 11.3 Å². The maximum Gasteiger partial charge on any atom is 0.338 e. The van der Waals surface area contributed by atoms with Crippen molar-refractivity contribution in [1.29, 1.82) is 0 Å². The second kappa shape index (κ2) is 5.21. The van der Waals surface area contributed by atoms with Gasteiger partial charge in [-0.2, -0.15) is 0 Å². The first kappa shape index (κ1) is 16.4. The van der Waals surface area contributed by atoms with Crippen LogP contribution in [0.25, 0.3) is 0 Å². The molecule has 4 rings (SSSR count). The first-order chi connectivity index (χ1) is 11.7. The molecule has 2 fully saturated rings. The maximum atomic E-state index is 12.3. The highest BCUT2D eigenvalue weighted by molar-refractivity contribution is 5.93. The molecule has 2 aliphatic carbocycles. The van der Waals surface area contributed by atoms with Gasteiger partial charge >= 0.3 is 11.9 Å². The normalized spacial score (nSPS) is 40.2. The fourth-order valence-electron chi connectivity index (χ4n) is 4.45. The van der Waals surface area contributed by atoms with E-state index in [4.69, 9.17) is 14.2 Å². The molecule has 0 bridgehead atoms. The van der Waals surface area contributed by atoms with Crippen LogP contribution in [0.1, 0.15) is 40.0 Å². The molecular formula is C19H22O6. The number of aliphatic hydroxyl groups is 1. The van der Waals surface area contributed by atoms with Crippen molar-refractivity contribution in [3.8, 4) is 0 Å². The molecule has 1 N–H and O–H groups in total. The lowest BCUT2D eigenvalue weighted by molar-refractivity contribution is -0.164. The minimum atomic E-state index is -1.14. The summed E-state index contributed by atoms with van der Waals surface area (Å²) in [5, 5.41) is 11.4. The first-order valence-corrected chi connectivity index (χ1v) is 8.63. The summed E-state index contributed by atoms with van der Waals surface area (Å²) in [6.07, 6.45) is 6.05. The Morgan fingerprint density at radius 2 is 2.00 bits per heavy atom. The largest absolute Gasteiger partial charge is 0.458 e. The number of ether oxygens (including phenoxy) is 3. The Morgan fingerprint density at radius 1 is 1.24 bits per heavy atom. The lowest BCUT2D eigenvalue weighted by Gasteiger charge is -2.48. The molecular weight excluding hydrogens is 324 g/mol. The van der Waals surface area contributed by atoms with Gasteiger partial charge in [-0.3, -0.25) is 0 Å². The van der Waals surface area contributed by atoms with Crippen LogP contribution in [0.4, 0.5) is 0 Å². The number of carbonyl (C=O) groups is 2. The number of hydrogen-bond donors (Lipinski definition) is 1. The van der Waals surface area contributed by atoms with Crippen molar-refractivity contribution in [3.63, 3.8) is 0 Å². The molecule has 0 aromatic carbocycles. The predicted molar refractivity (Wildman–Crippen MR) is 86.8 cm³/mol. The van der Waals surface area contributed by atoms with Crippen molar-refractivity contribution in [2.45, 2.75) is 58.0 Å². The molecule has 2 heterocycles. The summed E-state index contributed by atoms with van der Waals surface area (Å²) >= 11 is 0. The average molecular weight is 346 g/mol. The van der Waals surface area contributed by atoms with Gasteiger partial charge in [-0.25, -0.2) is 9.59 Å². The van der Waals surface area contributed by atoms with Gasteiger partial charge in [0.1, 0.15) is 11.7 Å². The standard InChI is InChI=1S/C19H22O6/c1-10-7-14(24-16(10)20)23-9-13-12-8-11-5-4-6-18(2,3)19(11,22)15(12)25-17(13)21/h7-9,12,14-15,22H,4-6H2,1-3H3/b13-9+/t12-,14-,15+,19-/m1/s1. The van der Waals surface area contributed by atoms with E-state index in [2.05, 4.69) is 0 Å². The molecule has 4 aliphatic rings. The molecule has 134 valence electrons. The lowest BCUT2D eigenvalue weighted by Crippen LogP contribution is -2.55. The van der Waals surface area contributed by atoms with E-state index >= 15 is 0 Å². The smallest absolute Gasteiger partial charge is 0.338 e. The van der Waals surface area contributed by atoms with E-state index in [1.807, 2.05) is 19.9 Å². The number of cyclic esters (lactones) is 1. The molecule has 0 aromatic heterocycles. The highest BCUT2D eigenvalue weighted by atomic mass is 16.7. The summed E-state index contributed by atoms with van der Waals surface area (Å²) in [5.74, 6) is -1.27. The van der Waals surface area contributed by atoms with Crippen LogP contribution in [0.3, 0.4) is 0 Å². The lowest BCUT2D eigenvalue weighted by atomic mass is 9.62. The molecule has 0 radical (unpaired) electrons. The summed E-state index contributed by atoms with van der Waals surface area (Å²) in [7, 11) is 0. The minimum Gasteiger partial charge on any atom is -0.458 e. The number of carbonyl (C=O) groups excluding carboxylic acids is 2. The van der Waals surface area contributed by atoms with Gasteiger partial charge < -0.3 is 19.3 Å². The Morgan fingerprint density at radius 3 is 2.68 bits per heavy atom. The van der Waals surface area contributed by atoms with E-state index in [0.717, 1.165) is 24.8 Å². The number of hydrogen-bond acceptors (Lipinski definition) is 6. The third-order valence-corrected chi connectivity index (χ3v) is 5.98. The quantitative estimate of drug-likeness (QED) is 0.357. The van der Waals surface area contributed by atoms with Crippen LogP contribution in [0.2, 0.25) is 0 Å². The Kier molecular flexibility index (Phi) is 3.41. The number of rotatable bonds is 2. The van der Waals surface area contributed by atoms with Crippen LogP contribution in [0.5, 0.6) is 0 Å². The zero-order valence-corrected chi connectivity index (χ0v) is 14.6. The van der Waals surface area contributed by atoms with Gasteiger partial charge in [0.05, 0.1) is 17.8 Å². The van der Waals surface area contributed by atoms with E-state index in [1.54, 1.807) is 13.0 Å². The Hall–Kier alpha value is -2.08. The molecule has 6 heteroatoms. The molecule has 0 unspecified atom stereocenters. The predicted octanol–water partition coefficient (Wildman–Crippen LogP) is 2.14. The van der Waals surface area contributed by atoms with Crippen LogP contribution < -0.4 is 0 Å². The molecule has 0 amide bonds. The van der Waals surface area contributed by atoms with Crippen molar-refractivity contribution < 1.29 is 28.9 Å². The molecule has 25 heavy (non-hydrogen) atoms. The van der Waals surface area contributed by atoms with Crippen molar-refractivity contribution >= 4 is 11.9 Å². The van der Waals surface area contributed by atoms with Crippen molar-refractivity contribution in [1.82, 2.24) is 0 Å². The minimum absolute atomic E-state index is 0.341. The second-order valence-corrected chi connectivity index (χ2v) is 7.88. The highest BCUT2D eigenvalue weighted by Crippen LogP contribution is 2.57.